The topological polar surface area (TPSA) is 86.8 Å². The Bertz CT molecular complexity index is 1200. The number of carbonyl (C=O) groups excluding carboxylic acids is 2. The van der Waals surface area contributed by atoms with E-state index in [9.17, 15) is 31.2 Å². The molecule has 198 valence electrons. The third kappa shape index (κ3) is 8.25. The van der Waals surface area contributed by atoms with Crippen LogP contribution in [0, 0.1) is 17.5 Å². The van der Waals surface area contributed by atoms with Gasteiger partial charge in [0.25, 0.3) is 0 Å². The van der Waals surface area contributed by atoms with Gasteiger partial charge in [-0.1, -0.05) is 18.2 Å². The van der Waals surface area contributed by atoms with Crippen LogP contribution >= 0.6 is 0 Å². The van der Waals surface area contributed by atoms with Gasteiger partial charge in [-0.15, -0.1) is 0 Å². The highest BCUT2D eigenvalue weighted by Gasteiger charge is 2.29. The number of rotatable bonds is 10. The monoisotopic (exact) mass is 527 g/mol. The molecule has 0 aliphatic rings. The molecule has 0 heterocycles. The fourth-order valence-corrected chi connectivity index (χ4v) is 4.47. The molecule has 0 unspecified atom stereocenters. The molecule has 0 aliphatic carbocycles. The average Bonchev–Trinajstić information content (AvgIpc) is 2.75. The lowest BCUT2D eigenvalue weighted by molar-refractivity contribution is -0.141. The van der Waals surface area contributed by atoms with Crippen LogP contribution in [0.15, 0.2) is 42.5 Å². The predicted molar refractivity (Wildman–Crippen MR) is 132 cm³/mol. The Hall–Kier alpha value is -3.08. The second-order valence-electron chi connectivity index (χ2n) is 9.57. The van der Waals surface area contributed by atoms with Gasteiger partial charge in [-0.2, -0.15) is 0 Å². The Morgan fingerprint density at radius 1 is 1.00 bits per heavy atom. The summed E-state index contributed by atoms with van der Waals surface area (Å²) >= 11 is 0. The van der Waals surface area contributed by atoms with E-state index < -0.39 is 50.9 Å². The van der Waals surface area contributed by atoms with Crippen molar-refractivity contribution in [3.8, 4) is 0 Å². The number of sulfonamides is 1. The number of hydrogen-bond acceptors (Lipinski definition) is 4. The van der Waals surface area contributed by atoms with Crippen molar-refractivity contribution < 1.29 is 31.2 Å². The highest BCUT2D eigenvalue weighted by atomic mass is 32.2. The zero-order valence-electron chi connectivity index (χ0n) is 21.0. The number of benzene rings is 2. The lowest BCUT2D eigenvalue weighted by atomic mass is 10.1. The van der Waals surface area contributed by atoms with Crippen molar-refractivity contribution in [2.24, 2.45) is 0 Å². The van der Waals surface area contributed by atoms with Crippen molar-refractivity contribution in [2.45, 2.75) is 58.7 Å². The summed E-state index contributed by atoms with van der Waals surface area (Å²) in [6.45, 7) is 6.55. The Labute approximate surface area is 210 Å². The Kier molecular flexibility index (Phi) is 9.53. The molecule has 0 aromatic heterocycles. The second-order valence-corrected chi connectivity index (χ2v) is 11.5. The third-order valence-corrected chi connectivity index (χ3v) is 6.50. The molecule has 0 aliphatic heterocycles. The molecule has 11 heteroatoms. The minimum atomic E-state index is -3.86. The van der Waals surface area contributed by atoms with Gasteiger partial charge >= 0.3 is 0 Å². The van der Waals surface area contributed by atoms with Crippen molar-refractivity contribution in [1.29, 1.82) is 0 Å². The molecule has 0 radical (unpaired) electrons. The van der Waals surface area contributed by atoms with Crippen molar-refractivity contribution >= 4 is 27.5 Å². The zero-order valence-corrected chi connectivity index (χ0v) is 21.8. The van der Waals surface area contributed by atoms with E-state index in [1.807, 2.05) is 0 Å². The Balaban J connectivity index is 2.22. The predicted octanol–water partition coefficient (Wildman–Crippen LogP) is 3.98. The van der Waals surface area contributed by atoms with Crippen LogP contribution in [0.3, 0.4) is 0 Å². The summed E-state index contributed by atoms with van der Waals surface area (Å²) in [5.41, 5.74) is -0.413. The number of anilines is 1. The molecule has 2 rings (SSSR count). The number of carbonyl (C=O) groups is 2. The standard InChI is InChI=1S/C25H32F3N3O4S/c1-17(24(33)29-25(2,3)4)30(16-18-9-6-7-10-20(18)26)23(32)11-8-14-31(36(5,34)35)19-12-13-21(27)22(28)15-19/h6-7,9-10,12-13,15,17H,8,11,14,16H2,1-5H3,(H,29,33)/t17-/m0/s1. The highest BCUT2D eigenvalue weighted by molar-refractivity contribution is 7.92. The number of nitrogens with one attached hydrogen (secondary N) is 1. The molecule has 36 heavy (non-hydrogen) atoms. The summed E-state index contributed by atoms with van der Waals surface area (Å²) in [7, 11) is -3.86. The first-order valence-corrected chi connectivity index (χ1v) is 13.2. The van der Waals surface area contributed by atoms with Crippen LogP contribution < -0.4 is 9.62 Å². The van der Waals surface area contributed by atoms with Gasteiger partial charge in [0, 0.05) is 36.7 Å². The first kappa shape index (κ1) is 29.2. The van der Waals surface area contributed by atoms with Crippen LogP contribution in [0.4, 0.5) is 18.9 Å². The maximum Gasteiger partial charge on any atom is 0.242 e. The summed E-state index contributed by atoms with van der Waals surface area (Å²) in [6, 6.07) is 7.67. The maximum absolute atomic E-state index is 14.3. The lowest BCUT2D eigenvalue weighted by Crippen LogP contribution is -2.52. The van der Waals surface area contributed by atoms with Gasteiger partial charge in [-0.25, -0.2) is 21.6 Å². The highest BCUT2D eigenvalue weighted by Crippen LogP contribution is 2.22. The van der Waals surface area contributed by atoms with E-state index in [4.69, 9.17) is 0 Å². The third-order valence-electron chi connectivity index (χ3n) is 5.31. The molecule has 0 saturated heterocycles. The molecule has 0 saturated carbocycles. The largest absolute Gasteiger partial charge is 0.350 e. The zero-order chi connectivity index (χ0) is 27.3. The number of nitrogens with zero attached hydrogens (tertiary/aromatic N) is 2. The number of amides is 2. The van der Waals surface area contributed by atoms with Gasteiger partial charge in [-0.3, -0.25) is 13.9 Å². The first-order chi connectivity index (χ1) is 16.6. The van der Waals surface area contributed by atoms with Gasteiger partial charge in [0.1, 0.15) is 11.9 Å². The minimum Gasteiger partial charge on any atom is -0.350 e. The number of halogens is 3. The molecule has 0 bridgehead atoms. The summed E-state index contributed by atoms with van der Waals surface area (Å²) in [5.74, 6) is -3.76. The van der Waals surface area contributed by atoms with Gasteiger partial charge in [0.15, 0.2) is 11.6 Å². The second kappa shape index (κ2) is 11.8. The molecule has 7 nitrogen and oxygen atoms in total. The fraction of sp³-hybridized carbons (Fsp3) is 0.440. The number of hydrogen-bond donors (Lipinski definition) is 1. The summed E-state index contributed by atoms with van der Waals surface area (Å²) in [4.78, 5) is 27.2. The molecule has 1 N–H and O–H groups in total. The van der Waals surface area contributed by atoms with E-state index in [1.54, 1.807) is 26.8 Å². The molecule has 2 amide bonds. The van der Waals surface area contributed by atoms with Crippen LogP contribution in [0.2, 0.25) is 0 Å². The van der Waals surface area contributed by atoms with Gasteiger partial charge in [-0.05, 0) is 52.3 Å². The van der Waals surface area contributed by atoms with E-state index >= 15 is 0 Å². The average molecular weight is 528 g/mol. The van der Waals surface area contributed by atoms with E-state index in [-0.39, 0.29) is 37.2 Å². The lowest BCUT2D eigenvalue weighted by Gasteiger charge is -2.32. The molecule has 2 aromatic carbocycles. The van der Waals surface area contributed by atoms with Crippen molar-refractivity contribution in [2.75, 3.05) is 17.1 Å². The minimum absolute atomic E-state index is 0.0201. The van der Waals surface area contributed by atoms with E-state index in [0.29, 0.717) is 0 Å². The maximum atomic E-state index is 14.3. The van der Waals surface area contributed by atoms with Gasteiger partial charge < -0.3 is 10.2 Å². The SMILES string of the molecule is C[C@@H](C(=O)NC(C)(C)C)N(Cc1ccccc1F)C(=O)CCCN(c1ccc(F)c(F)c1)S(C)(=O)=O. The smallest absolute Gasteiger partial charge is 0.242 e. The first-order valence-electron chi connectivity index (χ1n) is 11.4. The molecule has 0 spiro atoms. The fourth-order valence-electron chi connectivity index (χ4n) is 3.51. The molecular formula is C25H32F3N3O4S. The molecular weight excluding hydrogens is 495 g/mol. The van der Waals surface area contributed by atoms with Crippen molar-refractivity contribution in [1.82, 2.24) is 10.2 Å². The summed E-state index contributed by atoms with van der Waals surface area (Å²) < 4.78 is 66.7. The van der Waals surface area contributed by atoms with Crippen molar-refractivity contribution in [3.05, 3.63) is 65.5 Å². The summed E-state index contributed by atoms with van der Waals surface area (Å²) in [6.07, 6.45) is 0.767. The summed E-state index contributed by atoms with van der Waals surface area (Å²) in [5, 5.41) is 2.80. The van der Waals surface area contributed by atoms with Gasteiger partial charge in [0.05, 0.1) is 11.9 Å². The Morgan fingerprint density at radius 2 is 1.64 bits per heavy atom. The van der Waals surface area contributed by atoms with Crippen LogP contribution in [-0.4, -0.2) is 49.5 Å². The van der Waals surface area contributed by atoms with Crippen LogP contribution in [0.25, 0.3) is 0 Å². The molecule has 2 aromatic rings. The van der Waals surface area contributed by atoms with Crippen LogP contribution in [0.5, 0.6) is 0 Å². The Morgan fingerprint density at radius 3 is 2.19 bits per heavy atom. The van der Waals surface area contributed by atoms with E-state index in [0.717, 1.165) is 28.8 Å². The normalized spacial score (nSPS) is 12.7. The van der Waals surface area contributed by atoms with Gasteiger partial charge in [0.2, 0.25) is 21.8 Å². The molecule has 0 fully saturated rings. The van der Waals surface area contributed by atoms with E-state index in [2.05, 4.69) is 5.32 Å². The van der Waals surface area contributed by atoms with Crippen LogP contribution in [0.1, 0.15) is 46.1 Å². The van der Waals surface area contributed by atoms with Crippen LogP contribution in [-0.2, 0) is 26.2 Å². The quantitative estimate of drug-likeness (QED) is 0.507. The van der Waals surface area contributed by atoms with E-state index in [1.165, 1.54) is 30.0 Å². The molecule has 1 atom stereocenters. The van der Waals surface area contributed by atoms with Crippen molar-refractivity contribution in [3.63, 3.8) is 0 Å².